The predicted molar refractivity (Wildman–Crippen MR) is 82.7 cm³/mol. The molecule has 1 aromatic heterocycles. The van der Waals surface area contributed by atoms with Crippen molar-refractivity contribution in [3.05, 3.63) is 10.4 Å². The van der Waals surface area contributed by atoms with Gasteiger partial charge in [-0.25, -0.2) is 4.79 Å². The number of carbonyl (C=O) groups is 1. The molecule has 0 bridgehead atoms. The molecular formula is C15H22N2O2S. The summed E-state index contributed by atoms with van der Waals surface area (Å²) in [7, 11) is 3.53. The van der Waals surface area contributed by atoms with Crippen LogP contribution in [0.2, 0.25) is 0 Å². The standard InChI is InChI=1S/C15H22N2O2S/c1-17(8-9-4-3-5-9)14-11(10-6-7-10)12(16)13(20-14)15(18)19-2/h9-10H,3-8,16H2,1-2H3. The average molecular weight is 294 g/mol. The number of carbonyl (C=O) groups excluding carboxylic acids is 1. The number of hydrogen-bond acceptors (Lipinski definition) is 5. The van der Waals surface area contributed by atoms with Crippen molar-refractivity contribution in [1.82, 2.24) is 0 Å². The molecule has 2 aliphatic carbocycles. The van der Waals surface area contributed by atoms with E-state index in [2.05, 4.69) is 11.9 Å². The number of thiophene rings is 1. The monoisotopic (exact) mass is 294 g/mol. The second-order valence-electron chi connectivity index (χ2n) is 6.01. The molecule has 2 N–H and O–H groups in total. The maximum absolute atomic E-state index is 11.8. The molecule has 0 unspecified atom stereocenters. The minimum Gasteiger partial charge on any atom is -0.465 e. The summed E-state index contributed by atoms with van der Waals surface area (Å²) in [6.07, 6.45) is 6.38. The molecule has 0 aromatic carbocycles. The number of hydrogen-bond donors (Lipinski definition) is 1. The molecular weight excluding hydrogens is 272 g/mol. The minimum absolute atomic E-state index is 0.308. The van der Waals surface area contributed by atoms with Crippen molar-refractivity contribution in [3.63, 3.8) is 0 Å². The van der Waals surface area contributed by atoms with Crippen LogP contribution in [0.1, 0.15) is 53.3 Å². The lowest BCUT2D eigenvalue weighted by Gasteiger charge is -2.31. The number of nitrogens with zero attached hydrogens (tertiary/aromatic N) is 1. The van der Waals surface area contributed by atoms with Crippen LogP contribution in [0.15, 0.2) is 0 Å². The highest BCUT2D eigenvalue weighted by atomic mass is 32.1. The van der Waals surface area contributed by atoms with Gasteiger partial charge in [0, 0.05) is 19.2 Å². The van der Waals surface area contributed by atoms with Gasteiger partial charge in [0.15, 0.2) is 0 Å². The summed E-state index contributed by atoms with van der Waals surface area (Å²) in [6.45, 7) is 1.07. The molecule has 110 valence electrons. The summed E-state index contributed by atoms with van der Waals surface area (Å²) >= 11 is 1.50. The average Bonchev–Trinajstić information content (AvgIpc) is 3.16. The lowest BCUT2D eigenvalue weighted by atomic mass is 9.85. The van der Waals surface area contributed by atoms with Gasteiger partial charge in [-0.2, -0.15) is 0 Å². The third-order valence-corrected chi connectivity index (χ3v) is 5.74. The first-order valence-electron chi connectivity index (χ1n) is 7.33. The van der Waals surface area contributed by atoms with Gasteiger partial charge in [0.2, 0.25) is 0 Å². The Balaban J connectivity index is 1.89. The first-order valence-corrected chi connectivity index (χ1v) is 8.15. The van der Waals surface area contributed by atoms with Crippen LogP contribution in [0.4, 0.5) is 10.7 Å². The number of methoxy groups -OCH3 is 1. The van der Waals surface area contributed by atoms with Crippen LogP contribution in [0.25, 0.3) is 0 Å². The van der Waals surface area contributed by atoms with Crippen molar-refractivity contribution in [2.24, 2.45) is 5.92 Å². The first kappa shape index (κ1) is 13.7. The number of nitrogen functional groups attached to an aromatic ring is 1. The van der Waals surface area contributed by atoms with Crippen molar-refractivity contribution < 1.29 is 9.53 Å². The molecule has 2 aliphatic rings. The van der Waals surface area contributed by atoms with E-state index in [4.69, 9.17) is 10.5 Å². The zero-order valence-corrected chi connectivity index (χ0v) is 13.0. The Hall–Kier alpha value is -1.23. The van der Waals surface area contributed by atoms with E-state index in [9.17, 15) is 4.79 Å². The van der Waals surface area contributed by atoms with Crippen molar-refractivity contribution in [2.75, 3.05) is 31.3 Å². The van der Waals surface area contributed by atoms with E-state index in [1.165, 1.54) is 61.1 Å². The lowest BCUT2D eigenvalue weighted by molar-refractivity contribution is 0.0607. The summed E-state index contributed by atoms with van der Waals surface area (Å²) in [5, 5.41) is 1.18. The van der Waals surface area contributed by atoms with Gasteiger partial charge in [-0.15, -0.1) is 11.3 Å². The highest BCUT2D eigenvalue weighted by Gasteiger charge is 2.34. The Morgan fingerprint density at radius 2 is 2.10 bits per heavy atom. The van der Waals surface area contributed by atoms with Crippen LogP contribution in [-0.2, 0) is 4.74 Å². The summed E-state index contributed by atoms with van der Waals surface area (Å²) in [5.41, 5.74) is 8.06. The molecule has 0 spiro atoms. The summed E-state index contributed by atoms with van der Waals surface area (Å²) in [6, 6.07) is 0. The summed E-state index contributed by atoms with van der Waals surface area (Å²) in [4.78, 5) is 14.7. The zero-order chi connectivity index (χ0) is 14.3. The Bertz CT molecular complexity index is 518. The molecule has 1 aromatic rings. The van der Waals surface area contributed by atoms with E-state index in [1.54, 1.807) is 0 Å². The Labute approximate surface area is 123 Å². The maximum atomic E-state index is 11.8. The second kappa shape index (κ2) is 5.28. The number of rotatable bonds is 5. The predicted octanol–water partition coefficient (Wildman–Crippen LogP) is 3.23. The Morgan fingerprint density at radius 1 is 1.40 bits per heavy atom. The first-order chi connectivity index (χ1) is 9.61. The molecule has 1 heterocycles. The highest BCUT2D eigenvalue weighted by molar-refractivity contribution is 7.18. The fraction of sp³-hybridized carbons (Fsp3) is 0.667. The van der Waals surface area contributed by atoms with Crippen molar-refractivity contribution >= 4 is 28.0 Å². The Morgan fingerprint density at radius 3 is 2.60 bits per heavy atom. The molecule has 0 atom stereocenters. The van der Waals surface area contributed by atoms with E-state index in [1.807, 2.05) is 0 Å². The molecule has 5 heteroatoms. The minimum atomic E-state index is -0.308. The van der Waals surface area contributed by atoms with Crippen molar-refractivity contribution in [1.29, 1.82) is 0 Å². The molecule has 20 heavy (non-hydrogen) atoms. The lowest BCUT2D eigenvalue weighted by Crippen LogP contribution is -2.29. The topological polar surface area (TPSA) is 55.6 Å². The van der Waals surface area contributed by atoms with Crippen molar-refractivity contribution in [2.45, 2.75) is 38.0 Å². The third kappa shape index (κ3) is 2.39. The van der Waals surface area contributed by atoms with Gasteiger partial charge < -0.3 is 15.4 Å². The van der Waals surface area contributed by atoms with Gasteiger partial charge in [0.1, 0.15) is 4.88 Å². The fourth-order valence-corrected chi connectivity index (χ4v) is 4.08. The van der Waals surface area contributed by atoms with Crippen LogP contribution in [0.5, 0.6) is 0 Å². The van der Waals surface area contributed by atoms with Crippen LogP contribution < -0.4 is 10.6 Å². The molecule has 2 fully saturated rings. The van der Waals surface area contributed by atoms with E-state index in [-0.39, 0.29) is 5.97 Å². The molecule has 4 nitrogen and oxygen atoms in total. The summed E-state index contributed by atoms with van der Waals surface area (Å²) in [5.74, 6) is 1.04. The second-order valence-corrected chi connectivity index (χ2v) is 7.01. The third-order valence-electron chi connectivity index (χ3n) is 4.42. The zero-order valence-electron chi connectivity index (χ0n) is 12.1. The van der Waals surface area contributed by atoms with Crippen LogP contribution in [0, 0.1) is 5.92 Å². The van der Waals surface area contributed by atoms with Crippen LogP contribution in [0.3, 0.4) is 0 Å². The van der Waals surface area contributed by atoms with Crippen molar-refractivity contribution in [3.8, 4) is 0 Å². The normalized spacial score (nSPS) is 18.7. The van der Waals surface area contributed by atoms with Crippen LogP contribution in [-0.4, -0.2) is 26.7 Å². The quantitative estimate of drug-likeness (QED) is 0.847. The maximum Gasteiger partial charge on any atom is 0.350 e. The van der Waals surface area contributed by atoms with Gasteiger partial charge in [0.25, 0.3) is 0 Å². The largest absolute Gasteiger partial charge is 0.465 e. The van der Waals surface area contributed by atoms with Gasteiger partial charge >= 0.3 is 5.97 Å². The fourth-order valence-electron chi connectivity index (χ4n) is 2.88. The number of nitrogens with two attached hydrogens (primary N) is 1. The van der Waals surface area contributed by atoms with Gasteiger partial charge in [-0.3, -0.25) is 0 Å². The number of anilines is 2. The number of esters is 1. The van der Waals surface area contributed by atoms with Gasteiger partial charge in [-0.1, -0.05) is 6.42 Å². The Kier molecular flexibility index (Phi) is 3.63. The van der Waals surface area contributed by atoms with Crippen LogP contribution >= 0.6 is 11.3 Å². The molecule has 0 saturated heterocycles. The molecule has 3 rings (SSSR count). The van der Waals surface area contributed by atoms with E-state index in [0.29, 0.717) is 16.5 Å². The number of ether oxygens (including phenoxy) is 1. The SMILES string of the molecule is COC(=O)c1sc(N(C)CC2CCC2)c(C2CC2)c1N. The summed E-state index contributed by atoms with van der Waals surface area (Å²) < 4.78 is 4.85. The van der Waals surface area contributed by atoms with E-state index < -0.39 is 0 Å². The smallest absolute Gasteiger partial charge is 0.350 e. The molecule has 0 aliphatic heterocycles. The van der Waals surface area contributed by atoms with Gasteiger partial charge in [-0.05, 0) is 37.5 Å². The molecule has 2 saturated carbocycles. The van der Waals surface area contributed by atoms with E-state index >= 15 is 0 Å². The van der Waals surface area contributed by atoms with E-state index in [0.717, 1.165) is 12.5 Å². The highest BCUT2D eigenvalue weighted by Crippen LogP contribution is 2.52. The molecule has 0 radical (unpaired) electrons. The molecule has 0 amide bonds. The van der Waals surface area contributed by atoms with Gasteiger partial charge in [0.05, 0.1) is 17.8 Å².